The molecule has 0 aliphatic carbocycles. The van der Waals surface area contributed by atoms with E-state index in [1.165, 1.54) is 11.1 Å². The zero-order chi connectivity index (χ0) is 14.7. The van der Waals surface area contributed by atoms with Gasteiger partial charge in [0.1, 0.15) is 11.5 Å². The van der Waals surface area contributed by atoms with Crippen LogP contribution >= 0.6 is 0 Å². The van der Waals surface area contributed by atoms with Gasteiger partial charge in [-0.25, -0.2) is 0 Å². The number of hydrogen-bond donors (Lipinski definition) is 0. The molecule has 0 fully saturated rings. The molecule has 0 saturated carbocycles. The number of aliphatic imine (C=N–C) groups is 1. The van der Waals surface area contributed by atoms with Crippen LogP contribution in [-0.2, 0) is 0 Å². The van der Waals surface area contributed by atoms with E-state index in [9.17, 15) is 0 Å². The Morgan fingerprint density at radius 2 is 1.38 bits per heavy atom. The second kappa shape index (κ2) is 5.80. The largest absolute Gasteiger partial charge is 0.455 e. The molecule has 2 nitrogen and oxygen atoms in total. The maximum absolute atomic E-state index is 5.81. The second-order valence-electron chi connectivity index (χ2n) is 5.16. The maximum atomic E-state index is 5.81. The Bertz CT molecular complexity index is 749. The zero-order valence-corrected chi connectivity index (χ0v) is 12.2. The fraction of sp³-hybridized carbons (Fsp3) is 0.105. The maximum Gasteiger partial charge on any atom is 0.145 e. The average molecular weight is 275 g/mol. The van der Waals surface area contributed by atoms with Gasteiger partial charge in [-0.05, 0) is 38.1 Å². The summed E-state index contributed by atoms with van der Waals surface area (Å²) >= 11 is 0. The van der Waals surface area contributed by atoms with Crippen LogP contribution in [0.2, 0.25) is 0 Å². The van der Waals surface area contributed by atoms with Crippen LogP contribution in [0.5, 0.6) is 0 Å². The van der Waals surface area contributed by atoms with Crippen LogP contribution in [0.3, 0.4) is 0 Å². The van der Waals surface area contributed by atoms with E-state index in [0.717, 1.165) is 22.8 Å². The molecule has 0 bridgehead atoms. The van der Waals surface area contributed by atoms with Gasteiger partial charge < -0.3 is 4.42 Å². The van der Waals surface area contributed by atoms with Crippen LogP contribution in [0.4, 0.5) is 5.69 Å². The first-order valence-corrected chi connectivity index (χ1v) is 6.98. The van der Waals surface area contributed by atoms with Gasteiger partial charge in [-0.2, -0.15) is 0 Å². The molecule has 104 valence electrons. The highest BCUT2D eigenvalue weighted by Crippen LogP contribution is 2.22. The molecule has 2 heteroatoms. The number of furan rings is 1. The second-order valence-corrected chi connectivity index (χ2v) is 5.16. The Morgan fingerprint density at radius 1 is 0.762 bits per heavy atom. The Kier molecular flexibility index (Phi) is 3.69. The van der Waals surface area contributed by atoms with Gasteiger partial charge >= 0.3 is 0 Å². The van der Waals surface area contributed by atoms with E-state index in [1.54, 1.807) is 6.21 Å². The normalized spacial score (nSPS) is 11.1. The molecule has 0 aliphatic rings. The van der Waals surface area contributed by atoms with Gasteiger partial charge in [0, 0.05) is 5.56 Å². The highest BCUT2D eigenvalue weighted by molar-refractivity contribution is 5.79. The van der Waals surface area contributed by atoms with Gasteiger partial charge in [0.05, 0.1) is 11.9 Å². The molecule has 0 aliphatic heterocycles. The first kappa shape index (κ1) is 13.4. The summed E-state index contributed by atoms with van der Waals surface area (Å²) in [7, 11) is 0. The Labute approximate surface area is 124 Å². The summed E-state index contributed by atoms with van der Waals surface area (Å²) in [6, 6.07) is 20.3. The first-order chi connectivity index (χ1) is 10.2. The summed E-state index contributed by atoms with van der Waals surface area (Å²) in [5, 5.41) is 0. The third-order valence-electron chi connectivity index (χ3n) is 3.34. The quantitative estimate of drug-likeness (QED) is 0.594. The minimum atomic E-state index is 0.756. The van der Waals surface area contributed by atoms with Gasteiger partial charge in [0.2, 0.25) is 0 Å². The molecule has 2 aromatic carbocycles. The van der Waals surface area contributed by atoms with Crippen molar-refractivity contribution >= 4 is 11.9 Å². The Balaban J connectivity index is 1.78. The molecular weight excluding hydrogens is 258 g/mol. The highest BCUT2D eigenvalue weighted by Gasteiger charge is 2.02. The zero-order valence-electron chi connectivity index (χ0n) is 12.2. The first-order valence-electron chi connectivity index (χ1n) is 6.98. The van der Waals surface area contributed by atoms with Crippen molar-refractivity contribution in [1.82, 2.24) is 0 Å². The van der Waals surface area contributed by atoms with Crippen LogP contribution in [0.1, 0.15) is 16.9 Å². The molecule has 21 heavy (non-hydrogen) atoms. The third kappa shape index (κ3) is 3.29. The number of benzene rings is 2. The smallest absolute Gasteiger partial charge is 0.145 e. The van der Waals surface area contributed by atoms with Gasteiger partial charge in [-0.1, -0.05) is 47.5 Å². The van der Waals surface area contributed by atoms with E-state index in [4.69, 9.17) is 4.42 Å². The fourth-order valence-corrected chi connectivity index (χ4v) is 2.06. The van der Waals surface area contributed by atoms with Crippen molar-refractivity contribution in [3.05, 3.63) is 77.6 Å². The van der Waals surface area contributed by atoms with E-state index < -0.39 is 0 Å². The summed E-state index contributed by atoms with van der Waals surface area (Å²) in [4.78, 5) is 4.42. The molecule has 3 rings (SSSR count). The van der Waals surface area contributed by atoms with Gasteiger partial charge in [-0.15, -0.1) is 0 Å². The topological polar surface area (TPSA) is 25.5 Å². The lowest BCUT2D eigenvalue weighted by atomic mass is 10.1. The molecule has 0 N–H and O–H groups in total. The number of nitrogens with zero attached hydrogens (tertiary/aromatic N) is 1. The predicted octanol–water partition coefficient (Wildman–Crippen LogP) is 5.31. The molecule has 0 amide bonds. The summed E-state index contributed by atoms with van der Waals surface area (Å²) in [6.07, 6.45) is 1.75. The standard InChI is InChI=1S/C19H17NO/c1-14-3-7-16(8-4-14)19-12-11-18(21-19)13-20-17-9-5-15(2)6-10-17/h3-13H,1-2H3. The molecule has 0 unspecified atom stereocenters. The number of aryl methyl sites for hydroxylation is 2. The number of hydrogen-bond acceptors (Lipinski definition) is 2. The van der Waals surface area contributed by atoms with Crippen molar-refractivity contribution in [1.29, 1.82) is 0 Å². The predicted molar refractivity (Wildman–Crippen MR) is 87.3 cm³/mol. The van der Waals surface area contributed by atoms with Gasteiger partial charge in [0.15, 0.2) is 0 Å². The lowest BCUT2D eigenvalue weighted by Crippen LogP contribution is -1.76. The van der Waals surface area contributed by atoms with E-state index in [-0.39, 0.29) is 0 Å². The van der Waals surface area contributed by atoms with Crippen LogP contribution in [0.15, 0.2) is 70.1 Å². The van der Waals surface area contributed by atoms with Crippen molar-refractivity contribution in [2.45, 2.75) is 13.8 Å². The van der Waals surface area contributed by atoms with Gasteiger partial charge in [-0.3, -0.25) is 4.99 Å². The van der Waals surface area contributed by atoms with E-state index in [1.807, 2.05) is 36.4 Å². The van der Waals surface area contributed by atoms with Crippen LogP contribution < -0.4 is 0 Å². The summed E-state index contributed by atoms with van der Waals surface area (Å²) < 4.78 is 5.81. The van der Waals surface area contributed by atoms with Crippen LogP contribution in [0.25, 0.3) is 11.3 Å². The molecule has 1 aromatic heterocycles. The molecule has 3 aromatic rings. The van der Waals surface area contributed by atoms with E-state index >= 15 is 0 Å². The monoisotopic (exact) mass is 275 g/mol. The highest BCUT2D eigenvalue weighted by atomic mass is 16.3. The van der Waals surface area contributed by atoms with Crippen molar-refractivity contribution < 1.29 is 4.42 Å². The third-order valence-corrected chi connectivity index (χ3v) is 3.34. The lowest BCUT2D eigenvalue weighted by molar-refractivity contribution is 0.575. The Hall–Kier alpha value is -2.61. The van der Waals surface area contributed by atoms with Crippen molar-refractivity contribution in [3.8, 4) is 11.3 Å². The fourth-order valence-electron chi connectivity index (χ4n) is 2.06. The summed E-state index contributed by atoms with van der Waals surface area (Å²) in [5.74, 6) is 1.62. The van der Waals surface area contributed by atoms with E-state index in [2.05, 4.69) is 43.1 Å². The minimum Gasteiger partial charge on any atom is -0.455 e. The van der Waals surface area contributed by atoms with Crippen LogP contribution in [-0.4, -0.2) is 6.21 Å². The van der Waals surface area contributed by atoms with E-state index in [0.29, 0.717) is 0 Å². The molecule has 0 radical (unpaired) electrons. The molecular formula is C19H17NO. The van der Waals surface area contributed by atoms with Crippen LogP contribution in [0, 0.1) is 13.8 Å². The molecule has 0 spiro atoms. The number of rotatable bonds is 3. The minimum absolute atomic E-state index is 0.756. The van der Waals surface area contributed by atoms with Crippen molar-refractivity contribution in [2.24, 2.45) is 4.99 Å². The van der Waals surface area contributed by atoms with Gasteiger partial charge in [0.25, 0.3) is 0 Å². The molecule has 0 atom stereocenters. The molecule has 1 heterocycles. The molecule has 0 saturated heterocycles. The summed E-state index contributed by atoms with van der Waals surface area (Å²) in [5.41, 5.74) is 4.48. The average Bonchev–Trinajstić information content (AvgIpc) is 2.96. The van der Waals surface area contributed by atoms with Crippen molar-refractivity contribution in [3.63, 3.8) is 0 Å². The Morgan fingerprint density at radius 3 is 2.05 bits per heavy atom. The van der Waals surface area contributed by atoms with Crippen molar-refractivity contribution in [2.75, 3.05) is 0 Å². The lowest BCUT2D eigenvalue weighted by Gasteiger charge is -1.97. The summed E-state index contributed by atoms with van der Waals surface area (Å²) in [6.45, 7) is 4.14. The SMILES string of the molecule is Cc1ccc(N=Cc2ccc(-c3ccc(C)cc3)o2)cc1.